The molecule has 0 aliphatic carbocycles. The first kappa shape index (κ1) is 27.9. The second-order valence-corrected chi connectivity index (χ2v) is 8.31. The Morgan fingerprint density at radius 3 is 2.49 bits per heavy atom. The van der Waals surface area contributed by atoms with Crippen molar-refractivity contribution in [3.63, 3.8) is 0 Å². The van der Waals surface area contributed by atoms with E-state index in [1.165, 1.54) is 11.0 Å². The Labute approximate surface area is 211 Å². The van der Waals surface area contributed by atoms with Crippen LogP contribution in [0.25, 0.3) is 0 Å². The predicted octanol–water partition coefficient (Wildman–Crippen LogP) is 3.44. The van der Waals surface area contributed by atoms with Crippen LogP contribution in [0.1, 0.15) is 18.4 Å². The summed E-state index contributed by atoms with van der Waals surface area (Å²) < 4.78 is 44.9. The van der Waals surface area contributed by atoms with Crippen LogP contribution in [0.15, 0.2) is 48.5 Å². The van der Waals surface area contributed by atoms with E-state index in [4.69, 9.17) is 19.2 Å². The minimum absolute atomic E-state index is 0.000756. The van der Waals surface area contributed by atoms with E-state index in [0.717, 1.165) is 5.56 Å². The third kappa shape index (κ3) is 7.88. The largest absolute Gasteiger partial charge is 0.444 e. The molecule has 2 aromatic rings. The van der Waals surface area contributed by atoms with Gasteiger partial charge in [0.1, 0.15) is 11.9 Å². The molecule has 1 atom stereocenters. The van der Waals surface area contributed by atoms with Gasteiger partial charge in [-0.05, 0) is 30.2 Å². The van der Waals surface area contributed by atoms with E-state index >= 15 is 4.39 Å². The molecule has 12 heteroatoms. The van der Waals surface area contributed by atoms with Crippen LogP contribution in [0.5, 0.6) is 0 Å². The normalized spacial score (nSPS) is 18.1. The lowest BCUT2D eigenvalue weighted by Crippen LogP contribution is -2.31. The molecule has 2 aliphatic rings. The fraction of sp³-hybridized carbons (Fsp3) is 0.400. The molecule has 0 bridgehead atoms. The number of nitrogens with zero attached hydrogens (tertiary/aromatic N) is 3. The molecule has 2 aliphatic heterocycles. The summed E-state index contributed by atoms with van der Waals surface area (Å²) in [5, 5.41) is 1.86. The molecule has 9 nitrogen and oxygen atoms in total. The van der Waals surface area contributed by atoms with Crippen LogP contribution >= 0.6 is 0 Å². The van der Waals surface area contributed by atoms with Crippen molar-refractivity contribution in [1.29, 1.82) is 0 Å². The van der Waals surface area contributed by atoms with Crippen molar-refractivity contribution in [2.45, 2.75) is 31.9 Å². The van der Waals surface area contributed by atoms with Crippen LogP contribution in [0.2, 0.25) is 0 Å². The highest BCUT2D eigenvalue weighted by molar-refractivity contribution is 5.90. The summed E-state index contributed by atoms with van der Waals surface area (Å²) in [7, 11) is 0. The van der Waals surface area contributed by atoms with Crippen molar-refractivity contribution >= 4 is 29.4 Å². The van der Waals surface area contributed by atoms with E-state index in [9.17, 15) is 18.4 Å². The van der Waals surface area contributed by atoms with Gasteiger partial charge in [0.15, 0.2) is 5.78 Å². The van der Waals surface area contributed by atoms with Gasteiger partial charge < -0.3 is 9.64 Å². The molecule has 0 saturated carbocycles. The van der Waals surface area contributed by atoms with Gasteiger partial charge >= 0.3 is 12.2 Å². The van der Waals surface area contributed by atoms with Crippen LogP contribution in [0, 0.1) is 5.82 Å². The Morgan fingerprint density at radius 1 is 1.08 bits per heavy atom. The van der Waals surface area contributed by atoms with Crippen molar-refractivity contribution in [2.24, 2.45) is 0 Å². The van der Waals surface area contributed by atoms with Gasteiger partial charge in [-0.1, -0.05) is 30.3 Å². The van der Waals surface area contributed by atoms with Gasteiger partial charge in [0.25, 0.3) is 6.43 Å². The van der Waals surface area contributed by atoms with Crippen molar-refractivity contribution in [1.82, 2.24) is 5.06 Å². The number of carbonyl (C=O) groups is 2. The Hall–Kier alpha value is -3.73. The standard InChI is InChI=1S/C24H26F3N3O4.CO2/c25-20-14-18(30-16-19(34-24(30)32)7-9-22(31)23(26)27)6-8-21(20)28-10-11-29(33-13-12-28)15-17-4-2-1-3-5-17;2-1-3/h1-6,8,14,19,23H,7,9-13,15-16H2;/t19-;/m0./s1. The highest BCUT2D eigenvalue weighted by Gasteiger charge is 2.33. The molecular weight excluding hydrogens is 495 g/mol. The molecule has 198 valence electrons. The third-order valence-electron chi connectivity index (χ3n) is 5.87. The van der Waals surface area contributed by atoms with Gasteiger partial charge in [0.05, 0.1) is 24.5 Å². The number of cyclic esters (lactones) is 1. The molecular formula is C25H26F3N3O6. The minimum atomic E-state index is -3.04. The molecule has 37 heavy (non-hydrogen) atoms. The Bertz CT molecular complexity index is 1100. The number of benzene rings is 2. The summed E-state index contributed by atoms with van der Waals surface area (Å²) >= 11 is 0. The molecule has 2 heterocycles. The summed E-state index contributed by atoms with van der Waals surface area (Å²) in [6.45, 7) is 2.78. The van der Waals surface area contributed by atoms with E-state index in [2.05, 4.69) is 0 Å². The lowest BCUT2D eigenvalue weighted by atomic mass is 10.1. The number of alkyl halides is 2. The van der Waals surface area contributed by atoms with Crippen molar-refractivity contribution in [3.05, 3.63) is 59.9 Å². The number of ether oxygens (including phenoxy) is 1. The number of amides is 1. The zero-order valence-corrected chi connectivity index (χ0v) is 19.9. The first-order valence-electron chi connectivity index (χ1n) is 11.6. The van der Waals surface area contributed by atoms with E-state index in [0.29, 0.717) is 44.2 Å². The average Bonchev–Trinajstić information content (AvgIpc) is 3.10. The van der Waals surface area contributed by atoms with Crippen molar-refractivity contribution in [2.75, 3.05) is 42.6 Å². The number of anilines is 2. The smallest absolute Gasteiger partial charge is 0.414 e. The van der Waals surface area contributed by atoms with Crippen LogP contribution in [0.4, 0.5) is 29.3 Å². The summed E-state index contributed by atoms with van der Waals surface area (Å²) in [5.74, 6) is -1.67. The summed E-state index contributed by atoms with van der Waals surface area (Å²) in [6, 6.07) is 14.4. The minimum Gasteiger partial charge on any atom is -0.444 e. The third-order valence-corrected chi connectivity index (χ3v) is 5.87. The quantitative estimate of drug-likeness (QED) is 0.522. The van der Waals surface area contributed by atoms with Crippen molar-refractivity contribution in [3.8, 4) is 0 Å². The number of Topliss-reactive ketones (excluding diaryl/α,β-unsaturated/α-hetero) is 1. The number of hydroxylamine groups is 2. The molecule has 2 fully saturated rings. The molecule has 1 amide bonds. The Morgan fingerprint density at radius 2 is 1.81 bits per heavy atom. The van der Waals surface area contributed by atoms with E-state index < -0.39 is 30.2 Å². The maximum atomic E-state index is 15.0. The summed E-state index contributed by atoms with van der Waals surface area (Å²) in [4.78, 5) is 48.5. The molecule has 0 radical (unpaired) electrons. The number of hydrogen-bond acceptors (Lipinski definition) is 8. The fourth-order valence-electron chi connectivity index (χ4n) is 4.06. The van der Waals surface area contributed by atoms with Crippen LogP contribution < -0.4 is 9.80 Å². The van der Waals surface area contributed by atoms with Gasteiger partial charge in [-0.25, -0.2) is 18.0 Å². The van der Waals surface area contributed by atoms with Gasteiger partial charge in [0, 0.05) is 32.6 Å². The molecule has 0 aromatic heterocycles. The van der Waals surface area contributed by atoms with E-state index in [1.807, 2.05) is 40.3 Å². The highest BCUT2D eigenvalue weighted by atomic mass is 19.3. The van der Waals surface area contributed by atoms with Crippen molar-refractivity contribution < 1.29 is 41.9 Å². The van der Waals surface area contributed by atoms with E-state index in [1.54, 1.807) is 12.1 Å². The van der Waals surface area contributed by atoms with Crippen LogP contribution in [-0.4, -0.2) is 68.4 Å². The molecule has 4 rings (SSSR count). The number of carbonyl (C=O) groups excluding carboxylic acids is 4. The fourth-order valence-corrected chi connectivity index (χ4v) is 4.06. The summed E-state index contributed by atoms with van der Waals surface area (Å²) in [6.07, 6.45) is -4.56. The van der Waals surface area contributed by atoms with Crippen LogP contribution in [0.3, 0.4) is 0 Å². The zero-order chi connectivity index (χ0) is 26.8. The zero-order valence-electron chi connectivity index (χ0n) is 19.9. The lowest BCUT2D eigenvalue weighted by molar-refractivity contribution is -0.191. The average molecular weight is 521 g/mol. The summed E-state index contributed by atoms with van der Waals surface area (Å²) in [5.41, 5.74) is 1.84. The molecule has 0 unspecified atom stereocenters. The maximum Gasteiger partial charge on any atom is 0.414 e. The van der Waals surface area contributed by atoms with Gasteiger partial charge in [-0.2, -0.15) is 14.7 Å². The number of ketones is 1. The van der Waals surface area contributed by atoms with Crippen LogP contribution in [-0.2, 0) is 30.5 Å². The van der Waals surface area contributed by atoms with Gasteiger partial charge in [-0.15, -0.1) is 0 Å². The SMILES string of the molecule is O=C(CC[C@H]1CN(c2ccc(N3CCON(Cc4ccccc4)CC3)c(F)c2)C(=O)O1)C(F)F.O=C=O. The maximum absolute atomic E-state index is 15.0. The Kier molecular flexibility index (Phi) is 10.2. The second kappa shape index (κ2) is 13.5. The van der Waals surface area contributed by atoms with E-state index in [-0.39, 0.29) is 25.5 Å². The molecule has 2 saturated heterocycles. The number of rotatable bonds is 8. The monoisotopic (exact) mass is 521 g/mol. The molecule has 2 aromatic carbocycles. The number of hydrogen-bond donors (Lipinski definition) is 0. The predicted molar refractivity (Wildman–Crippen MR) is 124 cm³/mol. The Balaban J connectivity index is 0.00000121. The van der Waals surface area contributed by atoms with Gasteiger partial charge in [0.2, 0.25) is 0 Å². The first-order valence-corrected chi connectivity index (χ1v) is 11.6. The second-order valence-electron chi connectivity index (χ2n) is 8.31. The molecule has 0 N–H and O–H groups in total. The topological polar surface area (TPSA) is 96.5 Å². The lowest BCUT2D eigenvalue weighted by Gasteiger charge is -2.24. The van der Waals surface area contributed by atoms with Gasteiger partial charge in [-0.3, -0.25) is 14.5 Å². The highest BCUT2D eigenvalue weighted by Crippen LogP contribution is 2.29. The number of halogens is 3. The molecule has 0 spiro atoms. The first-order chi connectivity index (χ1) is 17.8.